The first-order valence-corrected chi connectivity index (χ1v) is 11.2. The molecule has 4 N–H and O–H groups in total. The number of hydrogen-bond acceptors (Lipinski definition) is 7. The summed E-state index contributed by atoms with van der Waals surface area (Å²) < 4.78 is 25.0. The normalized spacial score (nSPS) is 28.0. The molecule has 4 aliphatic heterocycles. The fraction of sp³-hybridized carbons (Fsp3) is 0.333. The lowest BCUT2D eigenvalue weighted by atomic mass is 9.76. The molecule has 4 heterocycles. The Morgan fingerprint density at radius 1 is 1.11 bits per heavy atom. The van der Waals surface area contributed by atoms with Crippen LogP contribution in [0.25, 0.3) is 0 Å². The maximum atomic E-state index is 14.3. The van der Waals surface area contributed by atoms with E-state index >= 15 is 0 Å². The molecule has 180 valence electrons. The van der Waals surface area contributed by atoms with Gasteiger partial charge in [-0.3, -0.25) is 29.4 Å². The summed E-state index contributed by atoms with van der Waals surface area (Å²) in [6.07, 6.45) is 0.102. The van der Waals surface area contributed by atoms with E-state index in [9.17, 15) is 23.6 Å². The van der Waals surface area contributed by atoms with E-state index in [4.69, 9.17) is 15.2 Å². The van der Waals surface area contributed by atoms with Crippen molar-refractivity contribution in [2.24, 2.45) is 17.6 Å². The highest BCUT2D eigenvalue weighted by atomic mass is 19.1. The summed E-state index contributed by atoms with van der Waals surface area (Å²) in [5.74, 6) is -3.64. The molecule has 4 atom stereocenters. The van der Waals surface area contributed by atoms with Crippen LogP contribution in [-0.4, -0.2) is 41.4 Å². The molecule has 0 aliphatic carbocycles. The Morgan fingerprint density at radius 3 is 2.71 bits per heavy atom. The molecule has 0 aromatic heterocycles. The van der Waals surface area contributed by atoms with Crippen LogP contribution in [0.1, 0.15) is 24.0 Å². The smallest absolute Gasteiger partial charge is 0.250 e. The fourth-order valence-corrected chi connectivity index (χ4v) is 5.76. The number of anilines is 1. The zero-order chi connectivity index (χ0) is 24.5. The predicted octanol–water partition coefficient (Wildman–Crippen LogP) is 0.740. The van der Waals surface area contributed by atoms with E-state index in [0.29, 0.717) is 22.7 Å². The van der Waals surface area contributed by atoms with Crippen molar-refractivity contribution in [1.29, 1.82) is 0 Å². The van der Waals surface area contributed by atoms with Crippen LogP contribution in [0.2, 0.25) is 0 Å². The van der Waals surface area contributed by atoms with Crippen molar-refractivity contribution in [2.45, 2.75) is 31.0 Å². The molecule has 0 saturated carbocycles. The third-order valence-corrected chi connectivity index (χ3v) is 7.25. The molecule has 0 bridgehead atoms. The van der Waals surface area contributed by atoms with Gasteiger partial charge in [0.1, 0.15) is 11.4 Å². The summed E-state index contributed by atoms with van der Waals surface area (Å²) in [6, 6.07) is 8.28. The van der Waals surface area contributed by atoms with Crippen molar-refractivity contribution in [3.63, 3.8) is 0 Å². The Labute approximate surface area is 198 Å². The number of fused-ring (bicyclic) bond motifs is 5. The van der Waals surface area contributed by atoms with Crippen molar-refractivity contribution >= 4 is 29.3 Å². The standard InChI is InChI=1S/C24H21FN4O6/c25-12-2-3-14-13(8-12)24(23(33)27-14)20-19(15(28-24)4-6-18(26)30)21(31)29(22(20)32)9-11-1-5-16-17(7-11)35-10-34-16/h1-3,5,7-8,15,19-20,28H,4,6,9-10H2,(H2,26,30)(H,27,33). The minimum Gasteiger partial charge on any atom is -0.454 e. The average Bonchev–Trinajstić information content (AvgIpc) is 3.55. The molecule has 2 aromatic carbocycles. The molecule has 4 unspecified atom stereocenters. The number of hydrogen-bond donors (Lipinski definition) is 3. The third kappa shape index (κ3) is 3.04. The molecule has 11 heteroatoms. The summed E-state index contributed by atoms with van der Waals surface area (Å²) in [6.45, 7) is 0.0584. The zero-order valence-corrected chi connectivity index (χ0v) is 18.4. The van der Waals surface area contributed by atoms with Crippen LogP contribution in [0.3, 0.4) is 0 Å². The summed E-state index contributed by atoms with van der Waals surface area (Å²) in [5, 5.41) is 5.86. The Morgan fingerprint density at radius 2 is 1.91 bits per heavy atom. The van der Waals surface area contributed by atoms with Gasteiger partial charge in [0.25, 0.3) is 0 Å². The van der Waals surface area contributed by atoms with Gasteiger partial charge in [-0.2, -0.15) is 0 Å². The van der Waals surface area contributed by atoms with Crippen LogP contribution in [0.5, 0.6) is 11.5 Å². The first-order chi connectivity index (χ1) is 16.8. The number of halogens is 1. The van der Waals surface area contributed by atoms with Crippen LogP contribution < -0.4 is 25.8 Å². The van der Waals surface area contributed by atoms with Crippen molar-refractivity contribution in [3.8, 4) is 11.5 Å². The van der Waals surface area contributed by atoms with E-state index in [1.54, 1.807) is 18.2 Å². The molecule has 6 rings (SSSR count). The Kier molecular flexibility index (Phi) is 4.62. The lowest BCUT2D eigenvalue weighted by Gasteiger charge is -2.29. The number of carbonyl (C=O) groups is 4. The number of primary amides is 1. The lowest BCUT2D eigenvalue weighted by Crippen LogP contribution is -2.53. The highest BCUT2D eigenvalue weighted by molar-refractivity contribution is 6.15. The number of carbonyl (C=O) groups excluding carboxylic acids is 4. The SMILES string of the molecule is NC(=O)CCC1NC2(C(=O)Nc3ccc(F)cc32)C2C(=O)N(Cc3ccc4c(c3)OCO4)C(=O)C12. The Balaban J connectivity index is 1.40. The molecule has 2 saturated heterocycles. The molecule has 4 amide bonds. The van der Waals surface area contributed by atoms with E-state index in [0.717, 1.165) is 4.90 Å². The van der Waals surface area contributed by atoms with Crippen LogP contribution >= 0.6 is 0 Å². The van der Waals surface area contributed by atoms with E-state index < -0.39 is 52.9 Å². The van der Waals surface area contributed by atoms with Gasteiger partial charge in [-0.15, -0.1) is 0 Å². The van der Waals surface area contributed by atoms with Gasteiger partial charge in [-0.05, 0) is 42.3 Å². The van der Waals surface area contributed by atoms with E-state index in [1.807, 2.05) is 0 Å². The first-order valence-electron chi connectivity index (χ1n) is 11.2. The van der Waals surface area contributed by atoms with E-state index in [-0.39, 0.29) is 31.7 Å². The maximum absolute atomic E-state index is 14.3. The quantitative estimate of drug-likeness (QED) is 0.536. The molecule has 2 fully saturated rings. The van der Waals surface area contributed by atoms with Crippen molar-refractivity contribution in [1.82, 2.24) is 10.2 Å². The van der Waals surface area contributed by atoms with Gasteiger partial charge in [-0.1, -0.05) is 6.07 Å². The van der Waals surface area contributed by atoms with Gasteiger partial charge in [0, 0.05) is 23.7 Å². The van der Waals surface area contributed by atoms with Crippen LogP contribution in [0.4, 0.5) is 10.1 Å². The molecule has 10 nitrogen and oxygen atoms in total. The number of nitrogens with two attached hydrogens (primary N) is 1. The predicted molar refractivity (Wildman–Crippen MR) is 117 cm³/mol. The largest absolute Gasteiger partial charge is 0.454 e. The number of amides is 4. The van der Waals surface area contributed by atoms with Crippen molar-refractivity contribution < 1.29 is 33.0 Å². The first kappa shape index (κ1) is 21.5. The van der Waals surface area contributed by atoms with Crippen molar-refractivity contribution in [3.05, 3.63) is 53.3 Å². The maximum Gasteiger partial charge on any atom is 0.250 e. The van der Waals surface area contributed by atoms with E-state index in [2.05, 4.69) is 10.6 Å². The second-order valence-electron chi connectivity index (χ2n) is 9.16. The zero-order valence-electron chi connectivity index (χ0n) is 18.4. The van der Waals surface area contributed by atoms with Gasteiger partial charge in [0.15, 0.2) is 11.5 Å². The lowest BCUT2D eigenvalue weighted by molar-refractivity contribution is -0.143. The Hall–Kier alpha value is -3.99. The number of likely N-dealkylation sites (tertiary alicyclic amines) is 1. The fourth-order valence-electron chi connectivity index (χ4n) is 5.76. The second kappa shape index (κ2) is 7.51. The summed E-state index contributed by atoms with van der Waals surface area (Å²) >= 11 is 0. The van der Waals surface area contributed by atoms with Crippen LogP contribution in [0, 0.1) is 17.7 Å². The second-order valence-corrected chi connectivity index (χ2v) is 9.16. The van der Waals surface area contributed by atoms with Gasteiger partial charge in [-0.25, -0.2) is 4.39 Å². The minimum atomic E-state index is -1.64. The van der Waals surface area contributed by atoms with Crippen LogP contribution in [-0.2, 0) is 31.3 Å². The number of benzene rings is 2. The molecule has 1 spiro atoms. The molecule has 0 radical (unpaired) electrons. The van der Waals surface area contributed by atoms with Gasteiger partial charge in [0.05, 0.1) is 18.4 Å². The van der Waals surface area contributed by atoms with E-state index in [1.165, 1.54) is 18.2 Å². The Bertz CT molecular complexity index is 1310. The number of ether oxygens (including phenoxy) is 2. The van der Waals surface area contributed by atoms with Gasteiger partial charge in [0.2, 0.25) is 30.4 Å². The molecule has 35 heavy (non-hydrogen) atoms. The third-order valence-electron chi connectivity index (χ3n) is 7.25. The number of imide groups is 1. The van der Waals surface area contributed by atoms with Gasteiger partial charge < -0.3 is 20.5 Å². The molecule has 2 aromatic rings. The van der Waals surface area contributed by atoms with Gasteiger partial charge >= 0.3 is 0 Å². The number of nitrogens with one attached hydrogen (secondary N) is 2. The number of nitrogens with zero attached hydrogens (tertiary/aromatic N) is 1. The highest BCUT2D eigenvalue weighted by Crippen LogP contribution is 2.53. The summed E-state index contributed by atoms with van der Waals surface area (Å²) in [5.41, 5.74) is 4.98. The average molecular weight is 480 g/mol. The molecular weight excluding hydrogens is 459 g/mol. The van der Waals surface area contributed by atoms with Crippen LogP contribution in [0.15, 0.2) is 36.4 Å². The number of rotatable bonds is 5. The topological polar surface area (TPSA) is 140 Å². The monoisotopic (exact) mass is 480 g/mol. The highest BCUT2D eigenvalue weighted by Gasteiger charge is 2.70. The minimum absolute atomic E-state index is 0.0302. The molecular formula is C24H21FN4O6. The molecule has 4 aliphatic rings. The summed E-state index contributed by atoms with van der Waals surface area (Å²) in [7, 11) is 0. The van der Waals surface area contributed by atoms with Crippen molar-refractivity contribution in [2.75, 3.05) is 12.1 Å². The summed E-state index contributed by atoms with van der Waals surface area (Å²) in [4.78, 5) is 53.3.